The summed E-state index contributed by atoms with van der Waals surface area (Å²) in [5.41, 5.74) is 0.108. The van der Waals surface area contributed by atoms with Crippen molar-refractivity contribution in [3.8, 4) is 0 Å². The van der Waals surface area contributed by atoms with Gasteiger partial charge in [-0.05, 0) is 24.7 Å². The van der Waals surface area contributed by atoms with Gasteiger partial charge in [0.05, 0.1) is 5.56 Å². The van der Waals surface area contributed by atoms with E-state index in [9.17, 15) is 13.2 Å². The average Bonchev–Trinajstić information content (AvgIpc) is 2.18. The fourth-order valence-electron chi connectivity index (χ4n) is 1.47. The molecular weight excluding hydrogens is 247 g/mol. The Hall–Kier alpha value is -0.680. The number of rotatable bonds is 4. The fourth-order valence-corrected chi connectivity index (χ4v) is 2.43. The molecule has 0 saturated carbocycles. The van der Waals surface area contributed by atoms with Crippen LogP contribution in [0.1, 0.15) is 25.0 Å². The van der Waals surface area contributed by atoms with Crippen LogP contribution < -0.4 is 5.32 Å². The molecule has 1 N–H and O–H groups in total. The van der Waals surface area contributed by atoms with E-state index in [0.717, 1.165) is 0 Å². The second-order valence-corrected chi connectivity index (χ2v) is 5.64. The summed E-state index contributed by atoms with van der Waals surface area (Å²) in [6.07, 6.45) is -4.29. The predicted octanol–water partition coefficient (Wildman–Crippen LogP) is 3.93. The van der Waals surface area contributed by atoms with Crippen molar-refractivity contribution in [1.82, 2.24) is 5.32 Å². The Balaban J connectivity index is 3.12. The highest BCUT2D eigenvalue weighted by Gasteiger charge is 2.33. The van der Waals surface area contributed by atoms with Crippen molar-refractivity contribution in [1.29, 1.82) is 0 Å². The second-order valence-electron chi connectivity index (χ2n) is 4.03. The number of halogens is 3. The first-order chi connectivity index (χ1) is 7.84. The van der Waals surface area contributed by atoms with Crippen LogP contribution in [0, 0.1) is 0 Å². The number of hydrogen-bond acceptors (Lipinski definition) is 2. The maximum Gasteiger partial charge on any atom is 0.417 e. The maximum absolute atomic E-state index is 12.9. The Kier molecular flexibility index (Phi) is 4.89. The van der Waals surface area contributed by atoms with Gasteiger partial charge in [-0.1, -0.05) is 19.9 Å². The lowest BCUT2D eigenvalue weighted by molar-refractivity contribution is -0.139. The van der Waals surface area contributed by atoms with Crippen LogP contribution in [0.2, 0.25) is 0 Å². The van der Waals surface area contributed by atoms with E-state index in [4.69, 9.17) is 0 Å². The van der Waals surface area contributed by atoms with Crippen LogP contribution in [-0.2, 0) is 12.7 Å². The zero-order chi connectivity index (χ0) is 13.1. The Morgan fingerprint density at radius 2 is 1.94 bits per heavy atom. The van der Waals surface area contributed by atoms with Gasteiger partial charge in [0.1, 0.15) is 0 Å². The minimum absolute atomic E-state index is 0.131. The molecule has 1 rings (SSSR count). The van der Waals surface area contributed by atoms with Crippen molar-refractivity contribution in [3.63, 3.8) is 0 Å². The van der Waals surface area contributed by atoms with Gasteiger partial charge in [0.15, 0.2) is 0 Å². The standard InChI is InChI=1S/C12H16F3NS/c1-8(2)17-11-5-4-9(7-16-3)6-10(11)12(13,14)15/h4-6,8,16H,7H2,1-3H3. The molecule has 17 heavy (non-hydrogen) atoms. The number of nitrogens with one attached hydrogen (secondary N) is 1. The van der Waals surface area contributed by atoms with Crippen molar-refractivity contribution in [3.05, 3.63) is 29.3 Å². The minimum Gasteiger partial charge on any atom is -0.316 e. The lowest BCUT2D eigenvalue weighted by Crippen LogP contribution is -2.11. The molecule has 1 aromatic rings. The highest BCUT2D eigenvalue weighted by Crippen LogP contribution is 2.38. The van der Waals surface area contributed by atoms with E-state index in [1.165, 1.54) is 17.8 Å². The number of hydrogen-bond donors (Lipinski definition) is 1. The molecule has 0 spiro atoms. The monoisotopic (exact) mass is 263 g/mol. The largest absolute Gasteiger partial charge is 0.417 e. The summed E-state index contributed by atoms with van der Waals surface area (Å²) in [7, 11) is 1.71. The zero-order valence-electron chi connectivity index (χ0n) is 10.1. The number of alkyl halides is 3. The van der Waals surface area contributed by atoms with Gasteiger partial charge in [-0.15, -0.1) is 11.8 Å². The van der Waals surface area contributed by atoms with E-state index in [-0.39, 0.29) is 5.25 Å². The van der Waals surface area contributed by atoms with Crippen LogP contribution >= 0.6 is 11.8 Å². The molecular formula is C12H16F3NS. The average molecular weight is 263 g/mol. The third-order valence-corrected chi connectivity index (χ3v) is 3.17. The number of thioether (sulfide) groups is 1. The molecule has 0 aliphatic rings. The van der Waals surface area contributed by atoms with E-state index in [2.05, 4.69) is 5.32 Å². The van der Waals surface area contributed by atoms with Crippen LogP contribution in [-0.4, -0.2) is 12.3 Å². The van der Waals surface area contributed by atoms with Crippen molar-refractivity contribution >= 4 is 11.8 Å². The molecule has 96 valence electrons. The van der Waals surface area contributed by atoms with Gasteiger partial charge in [0, 0.05) is 16.7 Å². The SMILES string of the molecule is CNCc1ccc(SC(C)C)c(C(F)(F)F)c1. The molecule has 0 atom stereocenters. The van der Waals surface area contributed by atoms with Gasteiger partial charge in [0.2, 0.25) is 0 Å². The summed E-state index contributed by atoms with van der Waals surface area (Å²) < 4.78 is 38.7. The molecule has 0 heterocycles. The van der Waals surface area contributed by atoms with E-state index in [0.29, 0.717) is 17.0 Å². The molecule has 1 aromatic carbocycles. The van der Waals surface area contributed by atoms with Gasteiger partial charge in [0.25, 0.3) is 0 Å². The van der Waals surface area contributed by atoms with Gasteiger partial charge in [-0.2, -0.15) is 13.2 Å². The van der Waals surface area contributed by atoms with Crippen LogP contribution in [0.25, 0.3) is 0 Å². The molecule has 5 heteroatoms. The van der Waals surface area contributed by atoms with E-state index >= 15 is 0 Å². The normalized spacial score (nSPS) is 12.2. The Morgan fingerprint density at radius 1 is 1.29 bits per heavy atom. The van der Waals surface area contributed by atoms with Crippen molar-refractivity contribution < 1.29 is 13.2 Å². The lowest BCUT2D eigenvalue weighted by atomic mass is 10.1. The third kappa shape index (κ3) is 4.24. The summed E-state index contributed by atoms with van der Waals surface area (Å²) in [5, 5.41) is 2.98. The van der Waals surface area contributed by atoms with Crippen LogP contribution in [0.15, 0.2) is 23.1 Å². The smallest absolute Gasteiger partial charge is 0.316 e. The summed E-state index contributed by atoms with van der Waals surface area (Å²) in [4.78, 5) is 0.298. The van der Waals surface area contributed by atoms with Crippen LogP contribution in [0.5, 0.6) is 0 Å². The molecule has 0 aliphatic carbocycles. The topological polar surface area (TPSA) is 12.0 Å². The molecule has 0 aliphatic heterocycles. The third-order valence-electron chi connectivity index (χ3n) is 2.09. The van der Waals surface area contributed by atoms with Crippen molar-refractivity contribution in [2.75, 3.05) is 7.05 Å². The maximum atomic E-state index is 12.9. The first kappa shape index (κ1) is 14.4. The van der Waals surface area contributed by atoms with E-state index < -0.39 is 11.7 Å². The fraction of sp³-hybridized carbons (Fsp3) is 0.500. The van der Waals surface area contributed by atoms with E-state index in [1.807, 2.05) is 13.8 Å². The highest BCUT2D eigenvalue weighted by molar-refractivity contribution is 8.00. The lowest BCUT2D eigenvalue weighted by Gasteiger charge is -2.15. The summed E-state index contributed by atoms with van der Waals surface area (Å²) in [6, 6.07) is 4.51. The first-order valence-electron chi connectivity index (χ1n) is 5.36. The highest BCUT2D eigenvalue weighted by atomic mass is 32.2. The Bertz CT molecular complexity index is 375. The molecule has 0 radical (unpaired) electrons. The van der Waals surface area contributed by atoms with Crippen molar-refractivity contribution in [2.24, 2.45) is 0 Å². The molecule has 0 amide bonds. The first-order valence-corrected chi connectivity index (χ1v) is 6.24. The van der Waals surface area contributed by atoms with Gasteiger partial charge < -0.3 is 5.32 Å². The summed E-state index contributed by atoms with van der Waals surface area (Å²) in [5.74, 6) is 0. The van der Waals surface area contributed by atoms with Crippen LogP contribution in [0.3, 0.4) is 0 Å². The second kappa shape index (κ2) is 5.78. The molecule has 0 fully saturated rings. The molecule has 0 saturated heterocycles. The molecule has 0 bridgehead atoms. The quantitative estimate of drug-likeness (QED) is 0.826. The molecule has 0 aromatic heterocycles. The predicted molar refractivity (Wildman–Crippen MR) is 65.2 cm³/mol. The van der Waals surface area contributed by atoms with Crippen molar-refractivity contribution in [2.45, 2.75) is 36.7 Å². The zero-order valence-corrected chi connectivity index (χ0v) is 10.9. The minimum atomic E-state index is -4.29. The number of benzene rings is 1. The molecule has 0 unspecified atom stereocenters. The van der Waals surface area contributed by atoms with Gasteiger partial charge >= 0.3 is 6.18 Å². The van der Waals surface area contributed by atoms with Crippen LogP contribution in [0.4, 0.5) is 13.2 Å². The summed E-state index contributed by atoms with van der Waals surface area (Å²) in [6.45, 7) is 4.20. The Morgan fingerprint density at radius 3 is 2.41 bits per heavy atom. The van der Waals surface area contributed by atoms with Gasteiger partial charge in [-0.25, -0.2) is 0 Å². The van der Waals surface area contributed by atoms with Gasteiger partial charge in [-0.3, -0.25) is 0 Å². The summed E-state index contributed by atoms with van der Waals surface area (Å²) >= 11 is 1.24. The molecule has 1 nitrogen and oxygen atoms in total. The Labute approximate surface area is 104 Å². The van der Waals surface area contributed by atoms with E-state index in [1.54, 1.807) is 19.2 Å².